The second-order valence-corrected chi connectivity index (χ2v) is 4.38. The minimum absolute atomic E-state index is 0.0810. The maximum Gasteiger partial charge on any atom is 0.279 e. The van der Waals surface area contributed by atoms with Crippen LogP contribution in [0.2, 0.25) is 5.02 Å². The van der Waals surface area contributed by atoms with Gasteiger partial charge in [-0.25, -0.2) is 10.2 Å². The summed E-state index contributed by atoms with van der Waals surface area (Å²) in [5.41, 5.74) is 2.55. The maximum atomic E-state index is 13.8. The number of ether oxygens (including phenoxy) is 1. The Hall–Kier alpha value is -2.11. The minimum atomic E-state index is -1.06. The van der Waals surface area contributed by atoms with Gasteiger partial charge in [-0.15, -0.1) is 0 Å². The van der Waals surface area contributed by atoms with Gasteiger partial charge in [-0.05, 0) is 12.1 Å². The fourth-order valence-corrected chi connectivity index (χ4v) is 1.84. The average Bonchev–Trinajstić information content (AvgIpc) is 2.49. The Kier molecular flexibility index (Phi) is 4.55. The molecule has 0 saturated carbocycles. The lowest BCUT2D eigenvalue weighted by atomic mass is 10.1. The van der Waals surface area contributed by atoms with Gasteiger partial charge in [-0.3, -0.25) is 10.2 Å². The van der Waals surface area contributed by atoms with Crippen LogP contribution >= 0.6 is 11.6 Å². The molecule has 0 aliphatic rings. The molecule has 0 aromatic heterocycles. The molecule has 20 heavy (non-hydrogen) atoms. The second-order valence-electron chi connectivity index (χ2n) is 3.97. The molecular formula is C14H12ClFN2O2. The number of nitrogens with two attached hydrogens (primary N) is 1. The third-order valence-corrected chi connectivity index (χ3v) is 2.94. The van der Waals surface area contributed by atoms with Crippen molar-refractivity contribution in [3.05, 3.63) is 64.9 Å². The van der Waals surface area contributed by atoms with Gasteiger partial charge in [0.15, 0.2) is 11.6 Å². The average molecular weight is 295 g/mol. The molecule has 4 nitrogen and oxygen atoms in total. The summed E-state index contributed by atoms with van der Waals surface area (Å²) in [4.78, 5) is 11.8. The Morgan fingerprint density at radius 2 is 1.90 bits per heavy atom. The number of benzene rings is 2. The fraction of sp³-hybridized carbons (Fsp3) is 0.0714. The van der Waals surface area contributed by atoms with Gasteiger partial charge in [-0.1, -0.05) is 48.0 Å². The number of carbonyl (C=O) groups is 1. The van der Waals surface area contributed by atoms with Crippen molar-refractivity contribution in [3.8, 4) is 5.75 Å². The normalized spacial score (nSPS) is 11.8. The molecule has 2 rings (SSSR count). The van der Waals surface area contributed by atoms with Gasteiger partial charge < -0.3 is 4.74 Å². The lowest BCUT2D eigenvalue weighted by Gasteiger charge is -2.18. The van der Waals surface area contributed by atoms with Crippen LogP contribution in [0.3, 0.4) is 0 Å². The molecule has 3 N–H and O–H groups in total. The highest BCUT2D eigenvalue weighted by Gasteiger charge is 2.23. The fourth-order valence-electron chi connectivity index (χ4n) is 1.68. The van der Waals surface area contributed by atoms with Crippen LogP contribution in [-0.2, 0) is 4.79 Å². The van der Waals surface area contributed by atoms with E-state index >= 15 is 0 Å². The van der Waals surface area contributed by atoms with Crippen molar-refractivity contribution in [2.24, 2.45) is 5.84 Å². The molecule has 0 aliphatic heterocycles. The number of hydrazine groups is 1. The van der Waals surface area contributed by atoms with Gasteiger partial charge in [0.2, 0.25) is 6.10 Å². The highest BCUT2D eigenvalue weighted by molar-refractivity contribution is 6.30. The molecule has 6 heteroatoms. The monoisotopic (exact) mass is 294 g/mol. The number of carbonyl (C=O) groups excluding carboxylic acids is 1. The molecule has 1 unspecified atom stereocenters. The third kappa shape index (κ3) is 3.07. The van der Waals surface area contributed by atoms with E-state index in [0.717, 1.165) is 0 Å². The van der Waals surface area contributed by atoms with E-state index in [-0.39, 0.29) is 10.8 Å². The molecule has 0 spiro atoms. The summed E-state index contributed by atoms with van der Waals surface area (Å²) in [5.74, 6) is 3.71. The molecule has 0 fully saturated rings. The third-order valence-electron chi connectivity index (χ3n) is 2.64. The first-order valence-electron chi connectivity index (χ1n) is 5.79. The number of amides is 1. The van der Waals surface area contributed by atoms with Crippen molar-refractivity contribution >= 4 is 17.5 Å². The van der Waals surface area contributed by atoms with Gasteiger partial charge in [-0.2, -0.15) is 0 Å². The second kappa shape index (κ2) is 6.36. The van der Waals surface area contributed by atoms with Crippen LogP contribution in [0.4, 0.5) is 4.39 Å². The van der Waals surface area contributed by atoms with E-state index in [0.29, 0.717) is 5.56 Å². The van der Waals surface area contributed by atoms with Crippen molar-refractivity contribution in [1.82, 2.24) is 5.43 Å². The Morgan fingerprint density at radius 3 is 2.55 bits per heavy atom. The van der Waals surface area contributed by atoms with Crippen molar-refractivity contribution in [3.63, 3.8) is 0 Å². The van der Waals surface area contributed by atoms with Crippen LogP contribution in [0, 0.1) is 5.82 Å². The van der Waals surface area contributed by atoms with Crippen molar-refractivity contribution in [2.45, 2.75) is 6.10 Å². The molecule has 0 aliphatic carbocycles. The van der Waals surface area contributed by atoms with Crippen molar-refractivity contribution < 1.29 is 13.9 Å². The molecule has 104 valence electrons. The predicted octanol–water partition coefficient (Wildman–Crippen LogP) is 2.59. The standard InChI is InChI=1S/C14H12ClFN2O2/c15-10-7-4-8-11(12(10)16)20-13(14(19)18-17)9-5-2-1-3-6-9/h1-8,13H,17H2,(H,18,19). The SMILES string of the molecule is NNC(=O)C(Oc1cccc(Cl)c1F)c1ccccc1. The van der Waals surface area contributed by atoms with Gasteiger partial charge in [0.25, 0.3) is 5.91 Å². The van der Waals surface area contributed by atoms with Crippen molar-refractivity contribution in [1.29, 1.82) is 0 Å². The first-order valence-corrected chi connectivity index (χ1v) is 6.17. The summed E-state index contributed by atoms with van der Waals surface area (Å²) in [5, 5.41) is -0.0810. The first-order chi connectivity index (χ1) is 9.63. The molecule has 2 aromatic rings. The summed E-state index contributed by atoms with van der Waals surface area (Å²) in [7, 11) is 0. The number of rotatable bonds is 4. The maximum absolute atomic E-state index is 13.8. The zero-order valence-corrected chi connectivity index (χ0v) is 11.1. The van der Waals surface area contributed by atoms with Gasteiger partial charge in [0.1, 0.15) is 0 Å². The van der Waals surface area contributed by atoms with Crippen molar-refractivity contribution in [2.75, 3.05) is 0 Å². The van der Waals surface area contributed by atoms with E-state index in [4.69, 9.17) is 22.2 Å². The summed E-state index contributed by atoms with van der Waals surface area (Å²) < 4.78 is 19.2. The Morgan fingerprint density at radius 1 is 1.20 bits per heavy atom. The minimum Gasteiger partial charge on any atom is -0.473 e. The van der Waals surface area contributed by atoms with Gasteiger partial charge in [0.05, 0.1) is 5.02 Å². The van der Waals surface area contributed by atoms with Crippen LogP contribution in [-0.4, -0.2) is 5.91 Å². The first kappa shape index (κ1) is 14.3. The quantitative estimate of drug-likeness (QED) is 0.517. The van der Waals surface area contributed by atoms with Crippen LogP contribution in [0.5, 0.6) is 5.75 Å². The van der Waals surface area contributed by atoms with Crippen LogP contribution < -0.4 is 16.0 Å². The van der Waals surface area contributed by atoms with E-state index in [1.54, 1.807) is 30.3 Å². The van der Waals surface area contributed by atoms with E-state index in [9.17, 15) is 9.18 Å². The Labute approximate surface area is 120 Å². The molecule has 0 heterocycles. The van der Waals surface area contributed by atoms with E-state index in [1.165, 1.54) is 18.2 Å². The summed E-state index contributed by atoms with van der Waals surface area (Å²) in [6.07, 6.45) is -1.06. The topological polar surface area (TPSA) is 64.3 Å². The van der Waals surface area contributed by atoms with Gasteiger partial charge in [0, 0.05) is 5.56 Å². The number of halogens is 2. The predicted molar refractivity (Wildman–Crippen MR) is 73.6 cm³/mol. The van der Waals surface area contributed by atoms with Gasteiger partial charge >= 0.3 is 0 Å². The lowest BCUT2D eigenvalue weighted by molar-refractivity contribution is -0.128. The molecule has 0 saturated heterocycles. The van der Waals surface area contributed by atoms with E-state index < -0.39 is 17.8 Å². The van der Waals surface area contributed by atoms with E-state index in [2.05, 4.69) is 0 Å². The zero-order valence-electron chi connectivity index (χ0n) is 10.3. The Balaban J connectivity index is 2.34. The summed E-state index contributed by atoms with van der Waals surface area (Å²) in [6.45, 7) is 0. The van der Waals surface area contributed by atoms with Crippen LogP contribution in [0.25, 0.3) is 0 Å². The summed E-state index contributed by atoms with van der Waals surface area (Å²) >= 11 is 5.68. The molecule has 0 bridgehead atoms. The highest BCUT2D eigenvalue weighted by atomic mass is 35.5. The summed E-state index contributed by atoms with van der Waals surface area (Å²) in [6, 6.07) is 13.0. The lowest BCUT2D eigenvalue weighted by Crippen LogP contribution is -2.37. The molecular weight excluding hydrogens is 283 g/mol. The molecule has 1 amide bonds. The Bertz CT molecular complexity index is 607. The highest BCUT2D eigenvalue weighted by Crippen LogP contribution is 2.28. The largest absolute Gasteiger partial charge is 0.473 e. The van der Waals surface area contributed by atoms with Crippen LogP contribution in [0.1, 0.15) is 11.7 Å². The van der Waals surface area contributed by atoms with E-state index in [1.807, 2.05) is 5.43 Å². The number of hydrogen-bond donors (Lipinski definition) is 2. The zero-order chi connectivity index (χ0) is 14.5. The van der Waals surface area contributed by atoms with Crippen LogP contribution in [0.15, 0.2) is 48.5 Å². The number of nitrogens with one attached hydrogen (secondary N) is 1. The molecule has 1 atom stereocenters. The molecule has 0 radical (unpaired) electrons. The number of hydrogen-bond acceptors (Lipinski definition) is 3. The smallest absolute Gasteiger partial charge is 0.279 e. The molecule has 2 aromatic carbocycles.